The highest BCUT2D eigenvalue weighted by atomic mass is 32.1. The van der Waals surface area contributed by atoms with Crippen LogP contribution in [-0.2, 0) is 19.2 Å². The van der Waals surface area contributed by atoms with E-state index in [-0.39, 0.29) is 11.7 Å². The number of carboxylic acid groups (broad SMARTS) is 1. The Bertz CT molecular complexity index is 473. The average molecular weight is 364 g/mol. The largest absolute Gasteiger partial charge is 0.480 e. The molecule has 3 atom stereocenters. The van der Waals surface area contributed by atoms with E-state index in [2.05, 4.69) is 28.6 Å². The van der Waals surface area contributed by atoms with Crippen LogP contribution in [0.1, 0.15) is 13.8 Å². The summed E-state index contributed by atoms with van der Waals surface area (Å²) in [5.41, 5.74) is 5.28. The molecule has 0 bridgehead atoms. The summed E-state index contributed by atoms with van der Waals surface area (Å²) in [7, 11) is 0. The highest BCUT2D eigenvalue weighted by molar-refractivity contribution is 7.80. The van der Waals surface area contributed by atoms with Gasteiger partial charge in [-0.05, 0) is 5.92 Å². The molecule has 0 aromatic rings. The van der Waals surface area contributed by atoms with Crippen molar-refractivity contribution in [3.8, 4) is 0 Å². The zero-order valence-corrected chi connectivity index (χ0v) is 14.4. The minimum atomic E-state index is -1.24. The summed E-state index contributed by atoms with van der Waals surface area (Å²) in [5, 5.41) is 24.5. The third-order valence-electron chi connectivity index (χ3n) is 3.02. The molecule has 0 saturated heterocycles. The molecule has 0 rings (SSSR count). The molecule has 24 heavy (non-hydrogen) atoms. The van der Waals surface area contributed by atoms with Crippen molar-refractivity contribution in [1.82, 2.24) is 16.0 Å². The Morgan fingerprint density at radius 2 is 1.71 bits per heavy atom. The first-order chi connectivity index (χ1) is 11.1. The van der Waals surface area contributed by atoms with E-state index >= 15 is 0 Å². The number of nitrogens with one attached hydrogen (secondary N) is 3. The molecule has 0 saturated carbocycles. The molecule has 0 aliphatic carbocycles. The second-order valence-corrected chi connectivity index (χ2v) is 5.74. The quantitative estimate of drug-likeness (QED) is 0.203. The van der Waals surface area contributed by atoms with Crippen LogP contribution in [0.5, 0.6) is 0 Å². The number of nitrogens with two attached hydrogens (primary N) is 1. The Labute approximate surface area is 144 Å². The normalized spacial score (nSPS) is 14.4. The van der Waals surface area contributed by atoms with Crippen LogP contribution in [0.15, 0.2) is 0 Å². The monoisotopic (exact) mass is 364 g/mol. The zero-order valence-electron chi connectivity index (χ0n) is 13.5. The maximum absolute atomic E-state index is 12.1. The Balaban J connectivity index is 4.67. The highest BCUT2D eigenvalue weighted by Gasteiger charge is 2.28. The second kappa shape index (κ2) is 10.8. The number of hydrogen-bond donors (Lipinski definition) is 7. The van der Waals surface area contributed by atoms with Crippen LogP contribution in [0, 0.1) is 5.92 Å². The molecule has 0 aliphatic rings. The number of aliphatic hydroxyl groups excluding tert-OH is 1. The van der Waals surface area contributed by atoms with Gasteiger partial charge in [0.25, 0.3) is 0 Å². The third-order valence-corrected chi connectivity index (χ3v) is 3.38. The molecule has 0 radical (unpaired) electrons. The van der Waals surface area contributed by atoms with E-state index in [0.717, 1.165) is 0 Å². The lowest BCUT2D eigenvalue weighted by molar-refractivity contribution is -0.141. The number of hydrogen-bond acceptors (Lipinski definition) is 7. The molecule has 3 amide bonds. The lowest BCUT2D eigenvalue weighted by Crippen LogP contribution is -2.56. The van der Waals surface area contributed by atoms with Gasteiger partial charge in [-0.1, -0.05) is 13.8 Å². The van der Waals surface area contributed by atoms with Crippen LogP contribution in [-0.4, -0.2) is 70.9 Å². The average Bonchev–Trinajstić information content (AvgIpc) is 2.53. The van der Waals surface area contributed by atoms with Crippen LogP contribution in [0.4, 0.5) is 0 Å². The van der Waals surface area contributed by atoms with Crippen molar-refractivity contribution in [1.29, 1.82) is 0 Å². The molecular weight excluding hydrogens is 340 g/mol. The number of rotatable bonds is 10. The number of amides is 3. The number of carbonyl (C=O) groups excluding carboxylic acids is 3. The fourth-order valence-electron chi connectivity index (χ4n) is 1.59. The summed E-state index contributed by atoms with van der Waals surface area (Å²) < 4.78 is 0. The predicted molar refractivity (Wildman–Crippen MR) is 88.3 cm³/mol. The Morgan fingerprint density at radius 3 is 2.12 bits per heavy atom. The van der Waals surface area contributed by atoms with Crippen molar-refractivity contribution in [3.05, 3.63) is 0 Å². The van der Waals surface area contributed by atoms with Gasteiger partial charge in [-0.3, -0.25) is 14.4 Å². The van der Waals surface area contributed by atoms with E-state index in [4.69, 9.17) is 15.9 Å². The molecule has 0 spiro atoms. The third kappa shape index (κ3) is 7.62. The second-order valence-electron chi connectivity index (χ2n) is 5.38. The molecular formula is C13H24N4O6S. The van der Waals surface area contributed by atoms with Gasteiger partial charge < -0.3 is 31.9 Å². The molecule has 11 heteroatoms. The van der Waals surface area contributed by atoms with Crippen molar-refractivity contribution >= 4 is 36.3 Å². The number of aliphatic hydroxyl groups is 1. The van der Waals surface area contributed by atoms with Crippen LogP contribution < -0.4 is 21.7 Å². The predicted octanol–water partition coefficient (Wildman–Crippen LogP) is -2.94. The first-order valence-corrected chi connectivity index (χ1v) is 7.84. The van der Waals surface area contributed by atoms with Gasteiger partial charge in [-0.2, -0.15) is 12.6 Å². The summed E-state index contributed by atoms with van der Waals surface area (Å²) >= 11 is 3.84. The lowest BCUT2D eigenvalue weighted by atomic mass is 10.0. The Kier molecular flexibility index (Phi) is 10.0. The van der Waals surface area contributed by atoms with Gasteiger partial charge in [0.2, 0.25) is 17.7 Å². The summed E-state index contributed by atoms with van der Waals surface area (Å²) in [6, 6.07) is -3.31. The molecule has 3 unspecified atom stereocenters. The van der Waals surface area contributed by atoms with E-state index < -0.39 is 55.0 Å². The van der Waals surface area contributed by atoms with Crippen molar-refractivity contribution in [2.75, 3.05) is 18.9 Å². The van der Waals surface area contributed by atoms with Crippen LogP contribution in [0.25, 0.3) is 0 Å². The molecule has 10 nitrogen and oxygen atoms in total. The van der Waals surface area contributed by atoms with Gasteiger partial charge in [0, 0.05) is 5.75 Å². The van der Waals surface area contributed by atoms with Crippen molar-refractivity contribution < 1.29 is 29.4 Å². The molecule has 7 N–H and O–H groups in total. The summed E-state index contributed by atoms with van der Waals surface area (Å²) in [4.78, 5) is 46.2. The molecule has 0 aromatic heterocycles. The SMILES string of the molecule is CC(C)C(NC(=O)CNC(=O)C(N)CO)C(=O)NC(CS)C(=O)O. The number of carboxylic acids is 1. The molecule has 0 aromatic carbocycles. The molecule has 138 valence electrons. The van der Waals surface area contributed by atoms with Crippen LogP contribution >= 0.6 is 12.6 Å². The standard InChI is InChI=1S/C13H24N4O6S/c1-6(2)10(12(21)16-8(5-24)13(22)23)17-9(19)3-15-11(20)7(14)4-18/h6-8,10,18,24H,3-5,14H2,1-2H3,(H,15,20)(H,16,21)(H,17,19)(H,22,23). The van der Waals surface area contributed by atoms with Gasteiger partial charge in [0.1, 0.15) is 18.1 Å². The molecule has 0 fully saturated rings. The van der Waals surface area contributed by atoms with Crippen LogP contribution in [0.3, 0.4) is 0 Å². The highest BCUT2D eigenvalue weighted by Crippen LogP contribution is 2.03. The molecule has 0 heterocycles. The summed E-state index contributed by atoms with van der Waals surface area (Å²) in [5.74, 6) is -3.69. The maximum Gasteiger partial charge on any atom is 0.327 e. The van der Waals surface area contributed by atoms with E-state index in [0.29, 0.717) is 0 Å². The van der Waals surface area contributed by atoms with E-state index in [9.17, 15) is 19.2 Å². The Morgan fingerprint density at radius 1 is 1.12 bits per heavy atom. The van der Waals surface area contributed by atoms with Gasteiger partial charge in [-0.15, -0.1) is 0 Å². The van der Waals surface area contributed by atoms with Gasteiger partial charge in [0.05, 0.1) is 13.2 Å². The minimum Gasteiger partial charge on any atom is -0.480 e. The fraction of sp³-hybridized carbons (Fsp3) is 0.692. The fourth-order valence-corrected chi connectivity index (χ4v) is 1.84. The van der Waals surface area contributed by atoms with Crippen LogP contribution in [0.2, 0.25) is 0 Å². The smallest absolute Gasteiger partial charge is 0.327 e. The lowest BCUT2D eigenvalue weighted by Gasteiger charge is -2.23. The Hall–Kier alpha value is -1.85. The first kappa shape index (κ1) is 22.1. The topological polar surface area (TPSA) is 171 Å². The maximum atomic E-state index is 12.1. The van der Waals surface area contributed by atoms with Gasteiger partial charge >= 0.3 is 5.97 Å². The van der Waals surface area contributed by atoms with Gasteiger partial charge in [-0.25, -0.2) is 4.79 Å². The van der Waals surface area contributed by atoms with Crippen molar-refractivity contribution in [3.63, 3.8) is 0 Å². The van der Waals surface area contributed by atoms with Crippen molar-refractivity contribution in [2.24, 2.45) is 11.7 Å². The summed E-state index contributed by atoms with van der Waals surface area (Å²) in [6.07, 6.45) is 0. The van der Waals surface area contributed by atoms with E-state index in [1.54, 1.807) is 13.8 Å². The molecule has 0 aliphatic heterocycles. The number of thiol groups is 1. The van der Waals surface area contributed by atoms with Gasteiger partial charge in [0.15, 0.2) is 0 Å². The summed E-state index contributed by atoms with van der Waals surface area (Å²) in [6.45, 7) is 2.34. The first-order valence-electron chi connectivity index (χ1n) is 7.21. The minimum absolute atomic E-state index is 0.102. The van der Waals surface area contributed by atoms with E-state index in [1.165, 1.54) is 0 Å². The zero-order chi connectivity index (χ0) is 18.9. The number of aliphatic carboxylic acids is 1. The number of carbonyl (C=O) groups is 4. The van der Waals surface area contributed by atoms with Crippen molar-refractivity contribution in [2.45, 2.75) is 32.0 Å². The van der Waals surface area contributed by atoms with E-state index in [1.807, 2.05) is 0 Å².